The standard InChI is InChI=1S/C8H11NO3S.Na/c1-6(2)12-8-4-3-7(5-9-8)13(10)11;/h3-6H,1-2H3,(H,10,11);/q;+1/p-1. The van der Waals surface area contributed by atoms with Crippen molar-refractivity contribution in [3.05, 3.63) is 18.3 Å². The van der Waals surface area contributed by atoms with Crippen molar-refractivity contribution >= 4 is 11.1 Å². The minimum Gasteiger partial charge on any atom is -0.768 e. The van der Waals surface area contributed by atoms with Crippen molar-refractivity contribution in [1.82, 2.24) is 4.98 Å². The summed E-state index contributed by atoms with van der Waals surface area (Å²) in [6.45, 7) is 3.75. The van der Waals surface area contributed by atoms with E-state index in [1.165, 1.54) is 18.3 Å². The summed E-state index contributed by atoms with van der Waals surface area (Å²) in [6, 6.07) is 2.99. The Morgan fingerprint density at radius 2 is 2.14 bits per heavy atom. The van der Waals surface area contributed by atoms with Crippen LogP contribution in [0.2, 0.25) is 0 Å². The van der Waals surface area contributed by atoms with Gasteiger partial charge in [-0.2, -0.15) is 0 Å². The molecule has 0 aliphatic rings. The van der Waals surface area contributed by atoms with Gasteiger partial charge < -0.3 is 9.29 Å². The Kier molecular flexibility index (Phi) is 6.55. The summed E-state index contributed by atoms with van der Waals surface area (Å²) < 4.78 is 26.1. The third-order valence-electron chi connectivity index (χ3n) is 1.26. The number of hydrogen-bond donors (Lipinski definition) is 0. The van der Waals surface area contributed by atoms with Crippen molar-refractivity contribution in [3.63, 3.8) is 0 Å². The molecule has 1 heterocycles. The molecule has 0 bridgehead atoms. The van der Waals surface area contributed by atoms with Crippen LogP contribution in [0.4, 0.5) is 0 Å². The predicted octanol–water partition coefficient (Wildman–Crippen LogP) is -1.89. The number of pyridine rings is 1. The zero-order valence-corrected chi connectivity index (χ0v) is 11.2. The smallest absolute Gasteiger partial charge is 0.768 e. The van der Waals surface area contributed by atoms with E-state index in [2.05, 4.69) is 4.98 Å². The van der Waals surface area contributed by atoms with Gasteiger partial charge in [0.1, 0.15) is 0 Å². The first-order valence-corrected chi connectivity index (χ1v) is 4.89. The molecule has 0 N–H and O–H groups in total. The van der Waals surface area contributed by atoms with E-state index in [0.717, 1.165) is 0 Å². The maximum absolute atomic E-state index is 10.5. The van der Waals surface area contributed by atoms with Gasteiger partial charge in [0.25, 0.3) is 0 Å². The van der Waals surface area contributed by atoms with Gasteiger partial charge in [-0.15, -0.1) is 0 Å². The monoisotopic (exact) mass is 223 g/mol. The molecule has 4 nitrogen and oxygen atoms in total. The largest absolute Gasteiger partial charge is 1.00 e. The molecule has 0 amide bonds. The Bertz CT molecular complexity index is 302. The first-order chi connectivity index (χ1) is 6.09. The van der Waals surface area contributed by atoms with Crippen molar-refractivity contribution in [1.29, 1.82) is 0 Å². The molecule has 1 aromatic heterocycles. The van der Waals surface area contributed by atoms with E-state index >= 15 is 0 Å². The molecule has 1 unspecified atom stereocenters. The normalized spacial score (nSPS) is 12.0. The molecule has 1 rings (SSSR count). The average molecular weight is 223 g/mol. The second-order valence-corrected chi connectivity index (χ2v) is 3.67. The van der Waals surface area contributed by atoms with Gasteiger partial charge in [-0.1, -0.05) is 0 Å². The third-order valence-corrected chi connectivity index (χ3v) is 1.88. The second kappa shape index (κ2) is 6.53. The molecule has 72 valence electrons. The van der Waals surface area contributed by atoms with E-state index in [4.69, 9.17) is 4.74 Å². The molecule has 0 saturated carbocycles. The van der Waals surface area contributed by atoms with Crippen LogP contribution in [0.1, 0.15) is 13.8 Å². The Hall–Kier alpha value is 0.0600. The molecule has 6 heteroatoms. The summed E-state index contributed by atoms with van der Waals surface area (Å²) in [7, 11) is 0. The van der Waals surface area contributed by atoms with Crippen molar-refractivity contribution in [2.75, 3.05) is 0 Å². The number of ether oxygens (including phenoxy) is 1. The van der Waals surface area contributed by atoms with E-state index < -0.39 is 11.1 Å². The molecule has 14 heavy (non-hydrogen) atoms. The summed E-state index contributed by atoms with van der Waals surface area (Å²) in [4.78, 5) is 3.99. The van der Waals surface area contributed by atoms with Crippen LogP contribution in [0.15, 0.2) is 23.2 Å². The Morgan fingerprint density at radius 3 is 2.50 bits per heavy atom. The molecule has 0 spiro atoms. The second-order valence-electron chi connectivity index (χ2n) is 2.73. The first kappa shape index (κ1) is 14.1. The number of hydrogen-bond acceptors (Lipinski definition) is 4. The minimum absolute atomic E-state index is 0. The van der Waals surface area contributed by atoms with Crippen molar-refractivity contribution in [3.8, 4) is 5.88 Å². The van der Waals surface area contributed by atoms with Crippen molar-refractivity contribution in [2.24, 2.45) is 0 Å². The molecule has 0 aliphatic carbocycles. The molecular weight excluding hydrogens is 213 g/mol. The molecule has 1 aromatic rings. The van der Waals surface area contributed by atoms with Crippen LogP contribution in [-0.2, 0) is 11.1 Å². The summed E-state index contributed by atoms with van der Waals surface area (Å²) in [6.07, 6.45) is 1.30. The molecular formula is C8H10NNaO3S. The fourth-order valence-electron chi connectivity index (χ4n) is 0.777. The topological polar surface area (TPSA) is 62.2 Å². The predicted molar refractivity (Wildman–Crippen MR) is 47.2 cm³/mol. The van der Waals surface area contributed by atoms with Crippen LogP contribution >= 0.6 is 0 Å². The van der Waals surface area contributed by atoms with Crippen molar-refractivity contribution in [2.45, 2.75) is 24.8 Å². The van der Waals surface area contributed by atoms with Gasteiger partial charge in [0.15, 0.2) is 0 Å². The number of aromatic nitrogens is 1. The van der Waals surface area contributed by atoms with Crippen molar-refractivity contribution < 1.29 is 43.1 Å². The van der Waals surface area contributed by atoms with Crippen LogP contribution in [0.25, 0.3) is 0 Å². The Morgan fingerprint density at radius 1 is 1.50 bits per heavy atom. The fourth-order valence-corrected chi connectivity index (χ4v) is 1.09. The van der Waals surface area contributed by atoms with E-state index in [-0.39, 0.29) is 40.6 Å². The van der Waals surface area contributed by atoms with Gasteiger partial charge in [-0.25, -0.2) is 4.98 Å². The summed E-state index contributed by atoms with van der Waals surface area (Å²) in [5, 5.41) is 0. The summed E-state index contributed by atoms with van der Waals surface area (Å²) in [5.41, 5.74) is 0. The van der Waals surface area contributed by atoms with Crippen LogP contribution in [0, 0.1) is 0 Å². The van der Waals surface area contributed by atoms with Gasteiger partial charge in [-0.3, -0.25) is 4.21 Å². The van der Waals surface area contributed by atoms with Gasteiger partial charge in [0.2, 0.25) is 5.88 Å². The van der Waals surface area contributed by atoms with E-state index in [9.17, 15) is 8.76 Å². The molecule has 0 aromatic carbocycles. The van der Waals surface area contributed by atoms with Gasteiger partial charge in [0.05, 0.1) is 6.10 Å². The Labute approximate surface area is 108 Å². The molecule has 0 saturated heterocycles. The summed E-state index contributed by atoms with van der Waals surface area (Å²) >= 11 is -2.22. The zero-order valence-electron chi connectivity index (χ0n) is 8.39. The fraction of sp³-hybridized carbons (Fsp3) is 0.375. The van der Waals surface area contributed by atoms with E-state index in [0.29, 0.717) is 5.88 Å². The van der Waals surface area contributed by atoms with E-state index in [1.807, 2.05) is 13.8 Å². The van der Waals surface area contributed by atoms with Gasteiger partial charge in [-0.05, 0) is 31.0 Å². The maximum atomic E-state index is 10.5. The zero-order chi connectivity index (χ0) is 9.84. The number of rotatable bonds is 3. The quantitative estimate of drug-likeness (QED) is 0.444. The third kappa shape index (κ3) is 4.52. The molecule has 0 fully saturated rings. The summed E-state index contributed by atoms with van der Waals surface area (Å²) in [5.74, 6) is 0.434. The van der Waals surface area contributed by atoms with Crippen LogP contribution < -0.4 is 34.3 Å². The van der Waals surface area contributed by atoms with Crippen LogP contribution in [0.5, 0.6) is 5.88 Å². The molecule has 0 radical (unpaired) electrons. The van der Waals surface area contributed by atoms with Gasteiger partial charge in [0, 0.05) is 17.2 Å². The Balaban J connectivity index is 0.00000169. The first-order valence-electron chi connectivity index (χ1n) is 3.81. The molecule has 0 aliphatic heterocycles. The SMILES string of the molecule is CC(C)Oc1ccc(S(=O)[O-])cn1.[Na+]. The molecule has 1 atom stereocenters. The van der Waals surface area contributed by atoms with Crippen LogP contribution in [0.3, 0.4) is 0 Å². The minimum atomic E-state index is -2.22. The number of nitrogens with zero attached hydrogens (tertiary/aromatic N) is 1. The van der Waals surface area contributed by atoms with Gasteiger partial charge >= 0.3 is 29.6 Å². The average Bonchev–Trinajstić information content (AvgIpc) is 2.04. The van der Waals surface area contributed by atoms with Crippen LogP contribution in [-0.4, -0.2) is 19.8 Å². The van der Waals surface area contributed by atoms with E-state index in [1.54, 1.807) is 0 Å². The maximum Gasteiger partial charge on any atom is 1.00 e.